The van der Waals surface area contributed by atoms with Crippen LogP contribution in [0.4, 0.5) is 5.69 Å². The number of hydrogen-bond acceptors (Lipinski definition) is 3. The summed E-state index contributed by atoms with van der Waals surface area (Å²) < 4.78 is 0. The van der Waals surface area contributed by atoms with E-state index >= 15 is 0 Å². The van der Waals surface area contributed by atoms with Crippen molar-refractivity contribution in [2.45, 2.75) is 40.2 Å². The Kier molecular flexibility index (Phi) is 5.85. The highest BCUT2D eigenvalue weighted by Crippen LogP contribution is 2.20. The van der Waals surface area contributed by atoms with E-state index in [1.807, 2.05) is 26.0 Å². The number of nitrogen functional groups attached to an aromatic ring is 1. The van der Waals surface area contributed by atoms with Crippen LogP contribution in [0, 0.1) is 16.7 Å². The minimum absolute atomic E-state index is 0.243. The number of rotatable bonds is 7. The number of nitrogens with two attached hydrogens (primary N) is 1. The molecule has 0 aliphatic heterocycles. The first kappa shape index (κ1) is 15.5. The summed E-state index contributed by atoms with van der Waals surface area (Å²) in [7, 11) is 0. The van der Waals surface area contributed by atoms with E-state index in [1.165, 1.54) is 5.56 Å². The summed E-state index contributed by atoms with van der Waals surface area (Å²) in [5.74, 6) is 0. The van der Waals surface area contributed by atoms with Crippen LogP contribution in [-0.4, -0.2) is 18.0 Å². The van der Waals surface area contributed by atoms with Crippen molar-refractivity contribution in [1.29, 1.82) is 5.26 Å². The standard InChI is InChI=1S/C16H25N3/c1-4-10-19(11-9-16(2,3)13-17)12-14-5-7-15(18)8-6-14/h5-8H,4,9-12,18H2,1-3H3. The number of hydrogen-bond donors (Lipinski definition) is 1. The Bertz CT molecular complexity index is 415. The number of nitriles is 1. The molecule has 1 aromatic rings. The molecule has 104 valence electrons. The fourth-order valence-electron chi connectivity index (χ4n) is 1.96. The maximum absolute atomic E-state index is 9.07. The number of nitrogens with zero attached hydrogens (tertiary/aromatic N) is 2. The van der Waals surface area contributed by atoms with Gasteiger partial charge in [-0.15, -0.1) is 0 Å². The molecule has 2 N–H and O–H groups in total. The van der Waals surface area contributed by atoms with Crippen molar-refractivity contribution >= 4 is 5.69 Å². The van der Waals surface area contributed by atoms with Crippen molar-refractivity contribution in [3.05, 3.63) is 29.8 Å². The van der Waals surface area contributed by atoms with Gasteiger partial charge in [-0.05, 0) is 57.5 Å². The van der Waals surface area contributed by atoms with Crippen LogP contribution in [0.15, 0.2) is 24.3 Å². The predicted octanol–water partition coefficient (Wildman–Crippen LogP) is 3.42. The monoisotopic (exact) mass is 259 g/mol. The van der Waals surface area contributed by atoms with Gasteiger partial charge < -0.3 is 5.73 Å². The summed E-state index contributed by atoms with van der Waals surface area (Å²) >= 11 is 0. The van der Waals surface area contributed by atoms with Crippen LogP contribution in [0.5, 0.6) is 0 Å². The third-order valence-corrected chi connectivity index (χ3v) is 3.28. The van der Waals surface area contributed by atoms with Crippen LogP contribution in [0.2, 0.25) is 0 Å². The molecule has 3 heteroatoms. The fourth-order valence-corrected chi connectivity index (χ4v) is 1.96. The van der Waals surface area contributed by atoms with Crippen LogP contribution in [0.25, 0.3) is 0 Å². The van der Waals surface area contributed by atoms with E-state index < -0.39 is 0 Å². The Morgan fingerprint density at radius 1 is 1.21 bits per heavy atom. The van der Waals surface area contributed by atoms with Gasteiger partial charge in [0.1, 0.15) is 0 Å². The molecule has 0 saturated carbocycles. The van der Waals surface area contributed by atoms with Crippen LogP contribution < -0.4 is 5.73 Å². The first-order valence-electron chi connectivity index (χ1n) is 6.95. The summed E-state index contributed by atoms with van der Waals surface area (Å²) in [6, 6.07) is 10.4. The highest BCUT2D eigenvalue weighted by atomic mass is 15.1. The Balaban J connectivity index is 2.58. The third-order valence-electron chi connectivity index (χ3n) is 3.28. The topological polar surface area (TPSA) is 53.0 Å². The second-order valence-corrected chi connectivity index (χ2v) is 5.76. The quantitative estimate of drug-likeness (QED) is 0.763. The van der Waals surface area contributed by atoms with Crippen molar-refractivity contribution in [2.24, 2.45) is 5.41 Å². The van der Waals surface area contributed by atoms with E-state index in [0.717, 1.165) is 38.2 Å². The van der Waals surface area contributed by atoms with Gasteiger partial charge in [-0.1, -0.05) is 19.1 Å². The normalized spacial score (nSPS) is 11.5. The summed E-state index contributed by atoms with van der Waals surface area (Å²) in [4.78, 5) is 2.41. The van der Waals surface area contributed by atoms with Crippen LogP contribution in [0.3, 0.4) is 0 Å². The molecule has 0 atom stereocenters. The average Bonchev–Trinajstić information content (AvgIpc) is 2.39. The van der Waals surface area contributed by atoms with Gasteiger partial charge in [-0.2, -0.15) is 5.26 Å². The fraction of sp³-hybridized carbons (Fsp3) is 0.562. The van der Waals surface area contributed by atoms with E-state index in [4.69, 9.17) is 11.0 Å². The Labute approximate surface area is 117 Å². The van der Waals surface area contributed by atoms with E-state index in [0.29, 0.717) is 0 Å². The van der Waals surface area contributed by atoms with E-state index in [1.54, 1.807) is 0 Å². The van der Waals surface area contributed by atoms with E-state index in [9.17, 15) is 0 Å². The minimum Gasteiger partial charge on any atom is -0.399 e. The lowest BCUT2D eigenvalue weighted by Gasteiger charge is -2.25. The van der Waals surface area contributed by atoms with Gasteiger partial charge in [0.2, 0.25) is 0 Å². The minimum atomic E-state index is -0.243. The molecule has 3 nitrogen and oxygen atoms in total. The van der Waals surface area contributed by atoms with Gasteiger partial charge in [0.15, 0.2) is 0 Å². The maximum Gasteiger partial charge on any atom is 0.0684 e. The molecule has 0 fully saturated rings. The van der Waals surface area contributed by atoms with E-state index in [2.05, 4.69) is 30.0 Å². The molecule has 0 saturated heterocycles. The summed E-state index contributed by atoms with van der Waals surface area (Å²) in [5, 5.41) is 9.07. The molecule has 1 aromatic carbocycles. The molecule has 0 unspecified atom stereocenters. The molecule has 19 heavy (non-hydrogen) atoms. The molecule has 0 bridgehead atoms. The number of anilines is 1. The van der Waals surface area contributed by atoms with Gasteiger partial charge in [0, 0.05) is 12.2 Å². The molecule has 0 radical (unpaired) electrons. The highest BCUT2D eigenvalue weighted by Gasteiger charge is 2.18. The third kappa shape index (κ3) is 5.76. The molecular formula is C16H25N3. The van der Waals surface area contributed by atoms with E-state index in [-0.39, 0.29) is 5.41 Å². The van der Waals surface area contributed by atoms with Crippen molar-refractivity contribution in [1.82, 2.24) is 4.90 Å². The van der Waals surface area contributed by atoms with Crippen molar-refractivity contribution < 1.29 is 0 Å². The Hall–Kier alpha value is -1.53. The molecule has 0 heterocycles. The van der Waals surface area contributed by atoms with Crippen molar-refractivity contribution in [2.75, 3.05) is 18.8 Å². The zero-order valence-electron chi connectivity index (χ0n) is 12.3. The summed E-state index contributed by atoms with van der Waals surface area (Å²) in [6.07, 6.45) is 2.03. The SMILES string of the molecule is CCCN(CCC(C)(C)C#N)Cc1ccc(N)cc1. The lowest BCUT2D eigenvalue weighted by atomic mass is 9.91. The highest BCUT2D eigenvalue weighted by molar-refractivity contribution is 5.39. The van der Waals surface area contributed by atoms with Crippen LogP contribution in [-0.2, 0) is 6.54 Å². The van der Waals surface area contributed by atoms with Gasteiger partial charge in [0.25, 0.3) is 0 Å². The Morgan fingerprint density at radius 3 is 2.37 bits per heavy atom. The van der Waals surface area contributed by atoms with Crippen LogP contribution in [0.1, 0.15) is 39.2 Å². The zero-order valence-corrected chi connectivity index (χ0v) is 12.3. The summed E-state index contributed by atoms with van der Waals surface area (Å²) in [5.41, 5.74) is 7.53. The summed E-state index contributed by atoms with van der Waals surface area (Å²) in [6.45, 7) is 9.13. The zero-order chi connectivity index (χ0) is 14.3. The molecule has 0 aliphatic carbocycles. The van der Waals surface area contributed by atoms with Gasteiger partial charge in [0.05, 0.1) is 11.5 Å². The van der Waals surface area contributed by atoms with Gasteiger partial charge >= 0.3 is 0 Å². The Morgan fingerprint density at radius 2 is 1.84 bits per heavy atom. The molecule has 0 aliphatic rings. The number of benzene rings is 1. The molecule has 1 rings (SSSR count). The largest absolute Gasteiger partial charge is 0.399 e. The second kappa shape index (κ2) is 7.16. The molecule has 0 aromatic heterocycles. The van der Waals surface area contributed by atoms with Crippen LogP contribution >= 0.6 is 0 Å². The van der Waals surface area contributed by atoms with Crippen molar-refractivity contribution in [3.63, 3.8) is 0 Å². The smallest absolute Gasteiger partial charge is 0.0684 e. The average molecular weight is 259 g/mol. The van der Waals surface area contributed by atoms with Gasteiger partial charge in [-0.3, -0.25) is 4.90 Å². The first-order chi connectivity index (χ1) is 8.96. The first-order valence-corrected chi connectivity index (χ1v) is 6.95. The molecular weight excluding hydrogens is 234 g/mol. The maximum atomic E-state index is 9.07. The van der Waals surface area contributed by atoms with Crippen molar-refractivity contribution in [3.8, 4) is 6.07 Å². The molecule has 0 amide bonds. The second-order valence-electron chi connectivity index (χ2n) is 5.76. The lowest BCUT2D eigenvalue weighted by molar-refractivity contribution is 0.234. The molecule has 0 spiro atoms. The van der Waals surface area contributed by atoms with Gasteiger partial charge in [-0.25, -0.2) is 0 Å². The lowest BCUT2D eigenvalue weighted by Crippen LogP contribution is -2.28. The predicted molar refractivity (Wildman–Crippen MR) is 80.4 cm³/mol.